The molecule has 0 saturated carbocycles. The molecule has 0 saturated heterocycles. The van der Waals surface area contributed by atoms with Gasteiger partial charge in [0.05, 0.1) is 11.9 Å². The molecule has 0 bridgehead atoms. The second-order valence-electron chi connectivity index (χ2n) is 5.43. The molecule has 0 aromatic carbocycles. The first kappa shape index (κ1) is 16.4. The van der Waals surface area contributed by atoms with Crippen LogP contribution in [-0.2, 0) is 0 Å². The lowest BCUT2D eigenvalue weighted by Crippen LogP contribution is -2.34. The fourth-order valence-electron chi connectivity index (χ4n) is 1.65. The quantitative estimate of drug-likeness (QED) is 0.850. The molecule has 1 N–H and O–H groups in total. The van der Waals surface area contributed by atoms with E-state index in [1.165, 1.54) is 0 Å². The highest BCUT2D eigenvalue weighted by molar-refractivity contribution is 5.97. The number of likely N-dealkylation sites (N-methyl/N-ethyl adjacent to an activating group) is 2. The van der Waals surface area contributed by atoms with Gasteiger partial charge in [-0.2, -0.15) is 0 Å². The van der Waals surface area contributed by atoms with Gasteiger partial charge in [0.1, 0.15) is 5.82 Å². The predicted molar refractivity (Wildman–Crippen MR) is 81.2 cm³/mol. The van der Waals surface area contributed by atoms with Crippen molar-refractivity contribution in [1.29, 1.82) is 0 Å². The summed E-state index contributed by atoms with van der Waals surface area (Å²) in [7, 11) is 7.53. The van der Waals surface area contributed by atoms with E-state index in [4.69, 9.17) is 0 Å². The zero-order chi connectivity index (χ0) is 15.3. The number of anilines is 1. The number of nitrogens with zero attached hydrogens (tertiary/aromatic N) is 4. The number of nitrogens with one attached hydrogen (secondary N) is 1. The van der Waals surface area contributed by atoms with Gasteiger partial charge in [0, 0.05) is 33.1 Å². The number of hydrogen-bond donors (Lipinski definition) is 1. The molecule has 0 radical (unpaired) electrons. The monoisotopic (exact) mass is 279 g/mol. The largest absolute Gasteiger partial charge is 0.385 e. The van der Waals surface area contributed by atoms with Crippen LogP contribution < -0.4 is 5.32 Å². The van der Waals surface area contributed by atoms with Gasteiger partial charge in [-0.1, -0.05) is 13.8 Å². The first-order chi connectivity index (χ1) is 9.36. The minimum Gasteiger partial charge on any atom is -0.385 e. The summed E-state index contributed by atoms with van der Waals surface area (Å²) in [6.45, 7) is 5.51. The highest BCUT2D eigenvalue weighted by Crippen LogP contribution is 2.17. The van der Waals surface area contributed by atoms with E-state index >= 15 is 0 Å². The minimum absolute atomic E-state index is 0.0829. The van der Waals surface area contributed by atoms with Gasteiger partial charge >= 0.3 is 0 Å². The van der Waals surface area contributed by atoms with Crippen molar-refractivity contribution in [3.8, 4) is 0 Å². The van der Waals surface area contributed by atoms with Crippen LogP contribution in [0.15, 0.2) is 6.20 Å². The van der Waals surface area contributed by atoms with Gasteiger partial charge in [-0.15, -0.1) is 0 Å². The normalized spacial score (nSPS) is 11.0. The Bertz CT molecular complexity index is 459. The van der Waals surface area contributed by atoms with E-state index in [1.807, 2.05) is 32.8 Å². The van der Waals surface area contributed by atoms with Gasteiger partial charge in [-0.3, -0.25) is 4.79 Å². The molecule has 0 fully saturated rings. The van der Waals surface area contributed by atoms with Crippen molar-refractivity contribution in [2.75, 3.05) is 46.6 Å². The van der Waals surface area contributed by atoms with E-state index in [9.17, 15) is 4.79 Å². The molecule has 20 heavy (non-hydrogen) atoms. The Kier molecular flexibility index (Phi) is 5.88. The Morgan fingerprint density at radius 1 is 1.30 bits per heavy atom. The number of rotatable bonds is 6. The van der Waals surface area contributed by atoms with Crippen LogP contribution in [-0.4, -0.2) is 67.0 Å². The van der Waals surface area contributed by atoms with Crippen LogP contribution >= 0.6 is 0 Å². The topological polar surface area (TPSA) is 61.4 Å². The highest BCUT2D eigenvalue weighted by Gasteiger charge is 2.19. The average Bonchev–Trinajstić information content (AvgIpc) is 2.42. The van der Waals surface area contributed by atoms with Crippen molar-refractivity contribution in [2.24, 2.45) is 0 Å². The number of carbonyl (C=O) groups excluding carboxylic acids is 1. The molecule has 1 rings (SSSR count). The zero-order valence-corrected chi connectivity index (χ0v) is 13.3. The predicted octanol–water partition coefficient (Wildman–Crippen LogP) is 1.28. The van der Waals surface area contributed by atoms with Crippen LogP contribution in [0.4, 0.5) is 5.69 Å². The highest BCUT2D eigenvalue weighted by atomic mass is 16.2. The summed E-state index contributed by atoms with van der Waals surface area (Å²) in [6.07, 6.45) is 1.68. The summed E-state index contributed by atoms with van der Waals surface area (Å²) < 4.78 is 0. The molecule has 0 atom stereocenters. The van der Waals surface area contributed by atoms with Crippen LogP contribution in [0.2, 0.25) is 0 Å². The lowest BCUT2D eigenvalue weighted by molar-refractivity contribution is 0.0781. The van der Waals surface area contributed by atoms with Gasteiger partial charge in [-0.25, -0.2) is 9.97 Å². The van der Waals surface area contributed by atoms with Crippen molar-refractivity contribution < 1.29 is 4.79 Å². The first-order valence-electron chi connectivity index (χ1n) is 6.81. The summed E-state index contributed by atoms with van der Waals surface area (Å²) in [5, 5.41) is 2.98. The third-order valence-electron chi connectivity index (χ3n) is 3.03. The van der Waals surface area contributed by atoms with Crippen LogP contribution in [0.1, 0.15) is 36.1 Å². The maximum Gasteiger partial charge on any atom is 0.274 e. The first-order valence-corrected chi connectivity index (χ1v) is 6.81. The summed E-state index contributed by atoms with van der Waals surface area (Å²) >= 11 is 0. The van der Waals surface area contributed by atoms with Crippen LogP contribution in [0.5, 0.6) is 0 Å². The average molecular weight is 279 g/mol. The number of hydrogen-bond acceptors (Lipinski definition) is 5. The Morgan fingerprint density at radius 2 is 1.95 bits per heavy atom. The smallest absolute Gasteiger partial charge is 0.274 e. The standard InChI is InChI=1S/C14H25N5O/c1-10(2)13-16-9-11(15-3)12(17-13)14(20)19(6)8-7-18(4)5/h9-10,15H,7-8H2,1-6H3. The fourth-order valence-corrected chi connectivity index (χ4v) is 1.65. The van der Waals surface area contributed by atoms with E-state index in [-0.39, 0.29) is 11.8 Å². The van der Waals surface area contributed by atoms with Crippen molar-refractivity contribution >= 4 is 11.6 Å². The molecule has 6 nitrogen and oxygen atoms in total. The van der Waals surface area contributed by atoms with Crippen molar-refractivity contribution in [3.05, 3.63) is 17.7 Å². The Labute approximate surface area is 121 Å². The molecule has 1 aromatic heterocycles. The zero-order valence-electron chi connectivity index (χ0n) is 13.3. The molecule has 6 heteroatoms. The molecule has 0 aliphatic rings. The molecule has 0 aliphatic carbocycles. The fraction of sp³-hybridized carbons (Fsp3) is 0.643. The maximum atomic E-state index is 12.5. The molecule has 1 amide bonds. The number of aromatic nitrogens is 2. The van der Waals surface area contributed by atoms with E-state index < -0.39 is 0 Å². The molecule has 1 heterocycles. The summed E-state index contributed by atoms with van der Waals surface area (Å²) in [5.74, 6) is 0.799. The van der Waals surface area contributed by atoms with Crippen LogP contribution in [0.25, 0.3) is 0 Å². The Balaban J connectivity index is 2.97. The van der Waals surface area contributed by atoms with Crippen LogP contribution in [0.3, 0.4) is 0 Å². The summed E-state index contributed by atoms with van der Waals surface area (Å²) in [6, 6.07) is 0. The Morgan fingerprint density at radius 3 is 2.45 bits per heavy atom. The number of amides is 1. The SMILES string of the molecule is CNc1cnc(C(C)C)nc1C(=O)N(C)CCN(C)C. The van der Waals surface area contributed by atoms with Gasteiger partial charge < -0.3 is 15.1 Å². The second kappa shape index (κ2) is 7.19. The Hall–Kier alpha value is -1.69. The van der Waals surface area contributed by atoms with E-state index in [0.717, 1.165) is 6.54 Å². The summed E-state index contributed by atoms with van der Waals surface area (Å²) in [5.41, 5.74) is 1.10. The van der Waals surface area contributed by atoms with E-state index in [2.05, 4.69) is 15.3 Å². The molecular formula is C14H25N5O. The van der Waals surface area contributed by atoms with E-state index in [0.29, 0.717) is 23.8 Å². The number of carbonyl (C=O) groups is 1. The van der Waals surface area contributed by atoms with E-state index in [1.54, 1.807) is 25.2 Å². The van der Waals surface area contributed by atoms with Crippen molar-refractivity contribution in [2.45, 2.75) is 19.8 Å². The van der Waals surface area contributed by atoms with Gasteiger partial charge in [0.25, 0.3) is 5.91 Å². The minimum atomic E-state index is -0.0829. The second-order valence-corrected chi connectivity index (χ2v) is 5.43. The van der Waals surface area contributed by atoms with Crippen molar-refractivity contribution in [3.63, 3.8) is 0 Å². The lowest BCUT2D eigenvalue weighted by atomic mass is 10.2. The molecule has 0 spiro atoms. The molecular weight excluding hydrogens is 254 g/mol. The summed E-state index contributed by atoms with van der Waals surface area (Å²) in [4.78, 5) is 24.9. The third-order valence-corrected chi connectivity index (χ3v) is 3.03. The van der Waals surface area contributed by atoms with Gasteiger partial charge in [0.15, 0.2) is 5.69 Å². The molecule has 1 aromatic rings. The van der Waals surface area contributed by atoms with Gasteiger partial charge in [-0.05, 0) is 14.1 Å². The lowest BCUT2D eigenvalue weighted by Gasteiger charge is -2.20. The van der Waals surface area contributed by atoms with Crippen LogP contribution in [0, 0.1) is 0 Å². The van der Waals surface area contributed by atoms with Crippen molar-refractivity contribution in [1.82, 2.24) is 19.8 Å². The molecule has 112 valence electrons. The molecule has 0 aliphatic heterocycles. The maximum absolute atomic E-state index is 12.5. The molecule has 0 unspecified atom stereocenters. The third kappa shape index (κ3) is 4.16. The van der Waals surface area contributed by atoms with Gasteiger partial charge in [0.2, 0.25) is 0 Å².